The zero-order chi connectivity index (χ0) is 15.3. The van der Waals surface area contributed by atoms with Crippen LogP contribution in [0.4, 0.5) is 10.5 Å². The van der Waals surface area contributed by atoms with Crippen molar-refractivity contribution in [3.63, 3.8) is 0 Å². The number of carboxylic acid groups (broad SMARTS) is 1. The Labute approximate surface area is 126 Å². The van der Waals surface area contributed by atoms with Gasteiger partial charge in [0.15, 0.2) is 0 Å². The van der Waals surface area contributed by atoms with Gasteiger partial charge in [-0.3, -0.25) is 0 Å². The standard InChI is InChI=1S/C14H17BrN2O3/c1-4-5-11(13(18)19)16-14(20)17-12-9(3)6-8(2)7-10(12)15/h4,6-7,11H,1,5H2,2-3H3,(H,18,19)(H2,16,17,20). The molecule has 0 aliphatic carbocycles. The van der Waals surface area contributed by atoms with E-state index in [2.05, 4.69) is 33.1 Å². The molecule has 1 rings (SSSR count). The molecule has 0 saturated carbocycles. The smallest absolute Gasteiger partial charge is 0.326 e. The zero-order valence-electron chi connectivity index (χ0n) is 11.4. The number of carboxylic acids is 1. The van der Waals surface area contributed by atoms with Crippen LogP contribution in [0.25, 0.3) is 0 Å². The highest BCUT2D eigenvalue weighted by molar-refractivity contribution is 9.10. The van der Waals surface area contributed by atoms with Crippen LogP contribution in [-0.4, -0.2) is 23.1 Å². The lowest BCUT2D eigenvalue weighted by Crippen LogP contribution is -2.42. The molecule has 1 unspecified atom stereocenters. The number of carbonyl (C=O) groups excluding carboxylic acids is 1. The number of halogens is 1. The first-order valence-electron chi connectivity index (χ1n) is 6.03. The van der Waals surface area contributed by atoms with Gasteiger partial charge in [-0.1, -0.05) is 12.1 Å². The Morgan fingerprint density at radius 1 is 1.45 bits per heavy atom. The molecule has 3 N–H and O–H groups in total. The predicted molar refractivity (Wildman–Crippen MR) is 82.0 cm³/mol. The van der Waals surface area contributed by atoms with E-state index in [0.29, 0.717) is 5.69 Å². The predicted octanol–water partition coefficient (Wildman–Crippen LogP) is 3.22. The lowest BCUT2D eigenvalue weighted by Gasteiger charge is -2.16. The summed E-state index contributed by atoms with van der Waals surface area (Å²) in [6.45, 7) is 7.29. The molecule has 0 aliphatic heterocycles. The van der Waals surface area contributed by atoms with Crippen LogP contribution in [-0.2, 0) is 4.79 Å². The molecule has 1 aromatic carbocycles. The second-order valence-electron chi connectivity index (χ2n) is 4.45. The molecule has 6 heteroatoms. The number of benzene rings is 1. The SMILES string of the molecule is C=CCC(NC(=O)Nc1c(C)cc(C)cc1Br)C(=O)O. The Balaban J connectivity index is 2.81. The van der Waals surface area contributed by atoms with Crippen molar-refractivity contribution >= 4 is 33.6 Å². The van der Waals surface area contributed by atoms with Gasteiger partial charge in [0.2, 0.25) is 0 Å². The van der Waals surface area contributed by atoms with Crippen LogP contribution in [0.5, 0.6) is 0 Å². The molecule has 20 heavy (non-hydrogen) atoms. The van der Waals surface area contributed by atoms with Crippen molar-refractivity contribution < 1.29 is 14.7 Å². The van der Waals surface area contributed by atoms with E-state index in [1.54, 1.807) is 0 Å². The fourth-order valence-corrected chi connectivity index (χ4v) is 2.54. The highest BCUT2D eigenvalue weighted by Crippen LogP contribution is 2.27. The van der Waals surface area contributed by atoms with E-state index in [4.69, 9.17) is 5.11 Å². The van der Waals surface area contributed by atoms with E-state index in [-0.39, 0.29) is 6.42 Å². The van der Waals surface area contributed by atoms with Gasteiger partial charge in [0.05, 0.1) is 5.69 Å². The Morgan fingerprint density at radius 2 is 2.10 bits per heavy atom. The largest absolute Gasteiger partial charge is 0.480 e. The van der Waals surface area contributed by atoms with Crippen LogP contribution in [0, 0.1) is 13.8 Å². The molecule has 1 atom stereocenters. The Kier molecular flexibility index (Phi) is 5.76. The maximum atomic E-state index is 11.9. The topological polar surface area (TPSA) is 78.4 Å². The first kappa shape index (κ1) is 16.2. The summed E-state index contributed by atoms with van der Waals surface area (Å²) in [6, 6.07) is 2.25. The Morgan fingerprint density at radius 3 is 2.60 bits per heavy atom. The van der Waals surface area contributed by atoms with Crippen molar-refractivity contribution in [3.8, 4) is 0 Å². The molecular weight excluding hydrogens is 324 g/mol. The number of carbonyl (C=O) groups is 2. The fourth-order valence-electron chi connectivity index (χ4n) is 1.77. The fraction of sp³-hybridized carbons (Fsp3) is 0.286. The molecule has 0 radical (unpaired) electrons. The van der Waals surface area contributed by atoms with Crippen molar-refractivity contribution in [2.24, 2.45) is 0 Å². The minimum absolute atomic E-state index is 0.163. The minimum Gasteiger partial charge on any atom is -0.480 e. The van der Waals surface area contributed by atoms with Crippen molar-refractivity contribution in [1.82, 2.24) is 5.32 Å². The molecular formula is C14H17BrN2O3. The molecule has 0 aromatic heterocycles. The summed E-state index contributed by atoms with van der Waals surface area (Å²) >= 11 is 3.38. The van der Waals surface area contributed by atoms with Gasteiger partial charge in [-0.25, -0.2) is 9.59 Å². The average molecular weight is 341 g/mol. The highest BCUT2D eigenvalue weighted by atomic mass is 79.9. The van der Waals surface area contributed by atoms with Gasteiger partial charge in [0.1, 0.15) is 6.04 Å². The van der Waals surface area contributed by atoms with E-state index < -0.39 is 18.0 Å². The second kappa shape index (κ2) is 7.09. The van der Waals surface area contributed by atoms with E-state index in [1.165, 1.54) is 6.08 Å². The summed E-state index contributed by atoms with van der Waals surface area (Å²) in [5.41, 5.74) is 2.58. The lowest BCUT2D eigenvalue weighted by molar-refractivity contribution is -0.139. The van der Waals surface area contributed by atoms with Crippen LogP contribution in [0.2, 0.25) is 0 Å². The van der Waals surface area contributed by atoms with Crippen molar-refractivity contribution in [2.45, 2.75) is 26.3 Å². The van der Waals surface area contributed by atoms with Crippen LogP contribution >= 0.6 is 15.9 Å². The van der Waals surface area contributed by atoms with Crippen molar-refractivity contribution in [1.29, 1.82) is 0 Å². The quantitative estimate of drug-likeness (QED) is 0.720. The first-order valence-corrected chi connectivity index (χ1v) is 6.82. The number of aryl methyl sites for hydroxylation is 2. The van der Waals surface area contributed by atoms with Crippen LogP contribution in [0.15, 0.2) is 29.3 Å². The molecule has 0 aliphatic rings. The van der Waals surface area contributed by atoms with Crippen LogP contribution < -0.4 is 10.6 Å². The summed E-state index contributed by atoms with van der Waals surface area (Å²) in [6.07, 6.45) is 1.61. The summed E-state index contributed by atoms with van der Waals surface area (Å²) < 4.78 is 0.751. The molecule has 0 fully saturated rings. The van der Waals surface area contributed by atoms with Gasteiger partial charge in [-0.2, -0.15) is 0 Å². The molecule has 1 aromatic rings. The Bertz CT molecular complexity index is 520. The summed E-state index contributed by atoms with van der Waals surface area (Å²) in [5.74, 6) is -1.10. The molecule has 0 bridgehead atoms. The zero-order valence-corrected chi connectivity index (χ0v) is 13.0. The lowest BCUT2D eigenvalue weighted by atomic mass is 10.1. The number of hydrogen-bond acceptors (Lipinski definition) is 2. The van der Waals surface area contributed by atoms with Crippen molar-refractivity contribution in [3.05, 3.63) is 40.4 Å². The van der Waals surface area contributed by atoms with Gasteiger partial charge in [0, 0.05) is 4.47 Å². The minimum atomic E-state index is -1.10. The Hall–Kier alpha value is -1.82. The number of aliphatic carboxylic acids is 1. The summed E-state index contributed by atoms with van der Waals surface area (Å²) in [7, 11) is 0. The number of hydrogen-bond donors (Lipinski definition) is 3. The maximum Gasteiger partial charge on any atom is 0.326 e. The third kappa shape index (κ3) is 4.38. The molecule has 0 heterocycles. The van der Waals surface area contributed by atoms with Gasteiger partial charge >= 0.3 is 12.0 Å². The molecule has 5 nitrogen and oxygen atoms in total. The number of nitrogens with one attached hydrogen (secondary N) is 2. The molecule has 0 spiro atoms. The van der Waals surface area contributed by atoms with Crippen LogP contribution in [0.1, 0.15) is 17.5 Å². The summed E-state index contributed by atoms with van der Waals surface area (Å²) in [4.78, 5) is 22.8. The van der Waals surface area contributed by atoms with E-state index in [0.717, 1.165) is 15.6 Å². The van der Waals surface area contributed by atoms with Gasteiger partial charge in [0.25, 0.3) is 0 Å². The van der Waals surface area contributed by atoms with Crippen LogP contribution in [0.3, 0.4) is 0 Å². The third-order valence-corrected chi connectivity index (χ3v) is 3.30. The highest BCUT2D eigenvalue weighted by Gasteiger charge is 2.19. The summed E-state index contributed by atoms with van der Waals surface area (Å²) in [5, 5.41) is 14.0. The number of amides is 2. The first-order chi connectivity index (χ1) is 9.35. The monoisotopic (exact) mass is 340 g/mol. The molecule has 2 amide bonds. The van der Waals surface area contributed by atoms with Gasteiger partial charge in [-0.15, -0.1) is 6.58 Å². The number of anilines is 1. The molecule has 0 saturated heterocycles. The van der Waals surface area contributed by atoms with E-state index in [9.17, 15) is 9.59 Å². The molecule has 108 valence electrons. The van der Waals surface area contributed by atoms with Gasteiger partial charge in [-0.05, 0) is 53.4 Å². The number of urea groups is 1. The van der Waals surface area contributed by atoms with Gasteiger partial charge < -0.3 is 15.7 Å². The second-order valence-corrected chi connectivity index (χ2v) is 5.31. The van der Waals surface area contributed by atoms with E-state index >= 15 is 0 Å². The normalized spacial score (nSPS) is 11.6. The maximum absolute atomic E-state index is 11.9. The van der Waals surface area contributed by atoms with E-state index in [1.807, 2.05) is 26.0 Å². The third-order valence-electron chi connectivity index (χ3n) is 2.68. The van der Waals surface area contributed by atoms with Crippen molar-refractivity contribution in [2.75, 3.05) is 5.32 Å². The number of rotatable bonds is 5. The average Bonchev–Trinajstić information content (AvgIpc) is 2.33.